The number of anilines is 1. The van der Waals surface area contributed by atoms with Crippen LogP contribution in [0.3, 0.4) is 0 Å². The molecule has 3 aromatic rings. The number of aromatic hydroxyl groups is 1. The molecular formula is C25H26F3N3O2. The maximum Gasteiger partial charge on any atom is 0.419 e. The number of hydrogen-bond donors (Lipinski definition) is 1. The van der Waals surface area contributed by atoms with Crippen LogP contribution >= 0.6 is 0 Å². The third-order valence-electron chi connectivity index (χ3n) is 6.18. The first-order chi connectivity index (χ1) is 15.7. The quantitative estimate of drug-likeness (QED) is 0.533. The topological polar surface area (TPSA) is 56.7 Å². The van der Waals surface area contributed by atoms with Gasteiger partial charge in [-0.3, -0.25) is 9.78 Å². The summed E-state index contributed by atoms with van der Waals surface area (Å²) in [4.78, 5) is 20.6. The molecular weight excluding hydrogens is 431 g/mol. The molecule has 1 N–H and O–H groups in total. The Labute approximate surface area is 190 Å². The van der Waals surface area contributed by atoms with Crippen LogP contribution in [-0.4, -0.2) is 55.0 Å². The lowest BCUT2D eigenvalue weighted by Crippen LogP contribution is -2.37. The van der Waals surface area contributed by atoms with E-state index >= 15 is 0 Å². The number of hydrogen-bond acceptors (Lipinski definition) is 5. The number of fused-ring (bicyclic) bond motifs is 1. The number of phenols is 1. The fraction of sp³-hybridized carbons (Fsp3) is 0.360. The van der Waals surface area contributed by atoms with E-state index in [0.29, 0.717) is 28.1 Å². The summed E-state index contributed by atoms with van der Waals surface area (Å²) in [7, 11) is 4.12. The molecule has 0 unspecified atom stereocenters. The standard InChI is InChI=1S/C25H26F3N3O2/c1-30(2)14-16-7-9-31(10-8-16)24-19(15-32)13-29-22-5-3-17(11-20(22)24)18-4-6-23(33)21(12-18)25(26,27)28/h3-6,11-13,15-16,33H,7-10,14H2,1-2H3. The molecule has 1 aromatic heterocycles. The van der Waals surface area contributed by atoms with Crippen molar-refractivity contribution in [2.45, 2.75) is 19.0 Å². The van der Waals surface area contributed by atoms with E-state index < -0.39 is 17.5 Å². The minimum absolute atomic E-state index is 0.328. The number of carbonyl (C=O) groups is 1. The lowest BCUT2D eigenvalue weighted by atomic mass is 9.94. The van der Waals surface area contributed by atoms with Crippen molar-refractivity contribution in [1.82, 2.24) is 9.88 Å². The summed E-state index contributed by atoms with van der Waals surface area (Å²) in [5.41, 5.74) is 1.71. The van der Waals surface area contributed by atoms with E-state index in [2.05, 4.69) is 28.9 Å². The van der Waals surface area contributed by atoms with Crippen LogP contribution in [-0.2, 0) is 6.18 Å². The molecule has 1 fully saturated rings. The van der Waals surface area contributed by atoms with Crippen LogP contribution in [0.2, 0.25) is 0 Å². The molecule has 2 aromatic carbocycles. The van der Waals surface area contributed by atoms with Crippen LogP contribution in [0, 0.1) is 5.92 Å². The largest absolute Gasteiger partial charge is 0.507 e. The number of aromatic nitrogens is 1. The van der Waals surface area contributed by atoms with E-state index in [0.717, 1.165) is 62.0 Å². The average Bonchev–Trinajstić information content (AvgIpc) is 2.77. The summed E-state index contributed by atoms with van der Waals surface area (Å²) >= 11 is 0. The number of nitrogens with zero attached hydrogens (tertiary/aromatic N) is 3. The fourth-order valence-corrected chi connectivity index (χ4v) is 4.61. The molecule has 5 nitrogen and oxygen atoms in total. The van der Waals surface area contributed by atoms with E-state index in [4.69, 9.17) is 0 Å². The van der Waals surface area contributed by atoms with Gasteiger partial charge in [-0.15, -0.1) is 0 Å². The monoisotopic (exact) mass is 457 g/mol. The normalized spacial score (nSPS) is 15.4. The summed E-state index contributed by atoms with van der Waals surface area (Å²) in [6.45, 7) is 2.60. The Morgan fingerprint density at radius 3 is 2.42 bits per heavy atom. The smallest absolute Gasteiger partial charge is 0.419 e. The summed E-state index contributed by atoms with van der Waals surface area (Å²) in [5.74, 6) is -0.226. The van der Waals surface area contributed by atoms with Crippen LogP contribution in [0.15, 0.2) is 42.6 Å². The SMILES string of the molecule is CN(C)CC1CCN(c2c(C=O)cnc3ccc(-c4ccc(O)c(C(F)(F)F)c4)cc23)CC1. The van der Waals surface area contributed by atoms with Crippen molar-refractivity contribution in [1.29, 1.82) is 0 Å². The number of halogens is 3. The maximum atomic E-state index is 13.3. The van der Waals surface area contributed by atoms with Gasteiger partial charge in [0.2, 0.25) is 0 Å². The molecule has 8 heteroatoms. The summed E-state index contributed by atoms with van der Waals surface area (Å²) in [6.07, 6.45) is -0.341. The molecule has 1 aliphatic rings. The molecule has 1 saturated heterocycles. The van der Waals surface area contributed by atoms with E-state index in [1.165, 1.54) is 6.07 Å². The van der Waals surface area contributed by atoms with Crippen molar-refractivity contribution >= 4 is 22.9 Å². The van der Waals surface area contributed by atoms with Crippen molar-refractivity contribution < 1.29 is 23.1 Å². The van der Waals surface area contributed by atoms with Crippen molar-refractivity contribution in [3.05, 3.63) is 53.7 Å². The Bertz CT molecular complexity index is 1170. The van der Waals surface area contributed by atoms with Gasteiger partial charge in [0.25, 0.3) is 0 Å². The molecule has 0 amide bonds. The van der Waals surface area contributed by atoms with E-state index in [9.17, 15) is 23.1 Å². The molecule has 0 aliphatic carbocycles. The highest BCUT2D eigenvalue weighted by atomic mass is 19.4. The van der Waals surface area contributed by atoms with Crippen molar-refractivity contribution in [2.75, 3.05) is 38.6 Å². The molecule has 2 heterocycles. The summed E-state index contributed by atoms with van der Waals surface area (Å²) < 4.78 is 39.9. The number of phenolic OH excluding ortho intramolecular Hbond substituents is 1. The number of benzene rings is 2. The summed E-state index contributed by atoms with van der Waals surface area (Å²) in [5, 5.41) is 10.4. The highest BCUT2D eigenvalue weighted by Crippen LogP contribution is 2.39. The van der Waals surface area contributed by atoms with Gasteiger partial charge < -0.3 is 14.9 Å². The lowest BCUT2D eigenvalue weighted by Gasteiger charge is -2.35. The molecule has 33 heavy (non-hydrogen) atoms. The number of rotatable bonds is 5. The van der Waals surface area contributed by atoms with Crippen molar-refractivity contribution in [3.63, 3.8) is 0 Å². The number of pyridine rings is 1. The van der Waals surface area contributed by atoms with Crippen molar-refractivity contribution in [3.8, 4) is 16.9 Å². The van der Waals surface area contributed by atoms with E-state index in [-0.39, 0.29) is 0 Å². The Balaban J connectivity index is 1.76. The second-order valence-electron chi connectivity index (χ2n) is 8.83. The zero-order chi connectivity index (χ0) is 23.8. The molecule has 1 aliphatic heterocycles. The van der Waals surface area contributed by atoms with Gasteiger partial charge in [0.1, 0.15) is 5.75 Å². The van der Waals surface area contributed by atoms with E-state index in [1.54, 1.807) is 24.4 Å². The zero-order valence-electron chi connectivity index (χ0n) is 18.6. The van der Waals surface area contributed by atoms with Crippen molar-refractivity contribution in [2.24, 2.45) is 5.92 Å². The van der Waals surface area contributed by atoms with Gasteiger partial charge in [0, 0.05) is 31.2 Å². The third kappa shape index (κ3) is 4.80. The summed E-state index contributed by atoms with van der Waals surface area (Å²) in [6, 6.07) is 8.69. The zero-order valence-corrected chi connectivity index (χ0v) is 18.6. The number of alkyl halides is 3. The van der Waals surface area contributed by atoms with Gasteiger partial charge in [0.05, 0.1) is 22.3 Å². The van der Waals surface area contributed by atoms with Gasteiger partial charge in [-0.05, 0) is 68.2 Å². The predicted octanol–water partition coefficient (Wildman–Crippen LogP) is 5.22. The van der Waals surface area contributed by atoms with Crippen LogP contribution in [0.5, 0.6) is 5.75 Å². The average molecular weight is 457 g/mol. The number of piperidine rings is 1. The van der Waals surface area contributed by atoms with Crippen LogP contribution in [0.4, 0.5) is 18.9 Å². The van der Waals surface area contributed by atoms with Crippen LogP contribution < -0.4 is 4.90 Å². The highest BCUT2D eigenvalue weighted by molar-refractivity contribution is 6.02. The number of aldehydes is 1. The van der Waals surface area contributed by atoms with Crippen LogP contribution in [0.25, 0.3) is 22.0 Å². The first-order valence-corrected chi connectivity index (χ1v) is 10.9. The number of carbonyl (C=O) groups excluding carboxylic acids is 1. The van der Waals surface area contributed by atoms with Gasteiger partial charge in [-0.1, -0.05) is 12.1 Å². The van der Waals surface area contributed by atoms with Gasteiger partial charge in [0.15, 0.2) is 6.29 Å². The minimum Gasteiger partial charge on any atom is -0.507 e. The molecule has 174 valence electrons. The Morgan fingerprint density at radius 2 is 1.79 bits per heavy atom. The molecule has 0 radical (unpaired) electrons. The Kier molecular flexibility index (Phi) is 6.30. The Hall–Kier alpha value is -3.13. The molecule has 0 bridgehead atoms. The fourth-order valence-electron chi connectivity index (χ4n) is 4.61. The second kappa shape index (κ2) is 9.02. The Morgan fingerprint density at radius 1 is 1.12 bits per heavy atom. The van der Waals surface area contributed by atoms with Gasteiger partial charge in [-0.2, -0.15) is 13.2 Å². The molecule has 0 atom stereocenters. The molecule has 4 rings (SSSR count). The predicted molar refractivity (Wildman–Crippen MR) is 123 cm³/mol. The maximum absolute atomic E-state index is 13.3. The van der Waals surface area contributed by atoms with E-state index in [1.807, 2.05) is 0 Å². The third-order valence-corrected chi connectivity index (χ3v) is 6.18. The lowest BCUT2D eigenvalue weighted by molar-refractivity contribution is -0.138. The minimum atomic E-state index is -4.66. The van der Waals surface area contributed by atoms with Gasteiger partial charge >= 0.3 is 6.18 Å². The highest BCUT2D eigenvalue weighted by Gasteiger charge is 2.34. The molecule has 0 saturated carbocycles. The first-order valence-electron chi connectivity index (χ1n) is 10.9. The van der Waals surface area contributed by atoms with Crippen LogP contribution in [0.1, 0.15) is 28.8 Å². The van der Waals surface area contributed by atoms with Gasteiger partial charge in [-0.25, -0.2) is 0 Å². The molecule has 0 spiro atoms. The second-order valence-corrected chi connectivity index (χ2v) is 8.83. The first kappa shape index (κ1) is 23.0.